The predicted octanol–water partition coefficient (Wildman–Crippen LogP) is 2.88. The van der Waals surface area contributed by atoms with E-state index in [1.807, 2.05) is 42.5 Å². The zero-order valence-electron chi connectivity index (χ0n) is 12.5. The summed E-state index contributed by atoms with van der Waals surface area (Å²) in [6.07, 6.45) is 0. The van der Waals surface area contributed by atoms with Crippen LogP contribution in [0.5, 0.6) is 11.5 Å². The Labute approximate surface area is 125 Å². The largest absolute Gasteiger partial charge is 0.497 e. The molecule has 4 nitrogen and oxygen atoms in total. The maximum Gasteiger partial charge on any atom is 0.123 e. The second-order valence-electron chi connectivity index (χ2n) is 4.69. The fraction of sp³-hybridized carbons (Fsp3) is 0.294. The summed E-state index contributed by atoms with van der Waals surface area (Å²) in [4.78, 5) is 0. The first-order chi connectivity index (χ1) is 10.3. The van der Waals surface area contributed by atoms with Gasteiger partial charge in [-0.05, 0) is 35.4 Å². The van der Waals surface area contributed by atoms with E-state index in [4.69, 9.17) is 19.9 Å². The number of rotatable bonds is 7. The Bertz CT molecular complexity index is 584. The highest BCUT2D eigenvalue weighted by Gasteiger charge is 2.03. The molecule has 0 spiro atoms. The molecule has 0 atom stereocenters. The minimum absolute atomic E-state index is 0.451. The van der Waals surface area contributed by atoms with Gasteiger partial charge in [0.25, 0.3) is 0 Å². The van der Waals surface area contributed by atoms with Crippen molar-refractivity contribution >= 4 is 0 Å². The Morgan fingerprint density at radius 1 is 0.905 bits per heavy atom. The third kappa shape index (κ3) is 4.21. The Hall–Kier alpha value is -2.04. The SMILES string of the molecule is COc1cccc(COCc2ccc(OC)c(CN)c2)c1. The van der Waals surface area contributed by atoms with Gasteiger partial charge in [0.1, 0.15) is 11.5 Å². The van der Waals surface area contributed by atoms with Crippen molar-refractivity contribution in [3.05, 3.63) is 59.2 Å². The summed E-state index contributed by atoms with van der Waals surface area (Å²) in [5.74, 6) is 1.65. The molecule has 4 heteroatoms. The van der Waals surface area contributed by atoms with Gasteiger partial charge in [-0.2, -0.15) is 0 Å². The van der Waals surface area contributed by atoms with Crippen LogP contribution in [0.2, 0.25) is 0 Å². The molecule has 0 radical (unpaired) electrons. The van der Waals surface area contributed by atoms with Crippen LogP contribution < -0.4 is 15.2 Å². The van der Waals surface area contributed by atoms with Gasteiger partial charge in [0.15, 0.2) is 0 Å². The zero-order chi connectivity index (χ0) is 15.1. The number of methoxy groups -OCH3 is 2. The third-order valence-electron chi connectivity index (χ3n) is 3.24. The predicted molar refractivity (Wildman–Crippen MR) is 82.4 cm³/mol. The van der Waals surface area contributed by atoms with Gasteiger partial charge in [0, 0.05) is 12.1 Å². The van der Waals surface area contributed by atoms with Crippen LogP contribution in [0.4, 0.5) is 0 Å². The average Bonchev–Trinajstić information content (AvgIpc) is 2.55. The van der Waals surface area contributed by atoms with Crippen molar-refractivity contribution in [2.24, 2.45) is 5.73 Å². The molecule has 0 amide bonds. The monoisotopic (exact) mass is 287 g/mol. The molecule has 0 heterocycles. The summed E-state index contributed by atoms with van der Waals surface area (Å²) < 4.78 is 16.2. The van der Waals surface area contributed by atoms with E-state index in [9.17, 15) is 0 Å². The molecule has 0 aliphatic rings. The van der Waals surface area contributed by atoms with Crippen LogP contribution in [0.3, 0.4) is 0 Å². The van der Waals surface area contributed by atoms with E-state index in [2.05, 4.69) is 0 Å². The van der Waals surface area contributed by atoms with Gasteiger partial charge in [-0.3, -0.25) is 0 Å². The summed E-state index contributed by atoms with van der Waals surface area (Å²) in [6, 6.07) is 13.8. The molecule has 2 N–H and O–H groups in total. The standard InChI is InChI=1S/C17H21NO3/c1-19-16-5-3-4-13(9-16)11-21-12-14-6-7-17(20-2)15(8-14)10-18/h3-9H,10-12,18H2,1-2H3. The summed E-state index contributed by atoms with van der Waals surface area (Å²) >= 11 is 0. The van der Waals surface area contributed by atoms with Crippen LogP contribution in [0.25, 0.3) is 0 Å². The summed E-state index contributed by atoms with van der Waals surface area (Å²) in [7, 11) is 3.30. The van der Waals surface area contributed by atoms with Crippen LogP contribution in [0.1, 0.15) is 16.7 Å². The van der Waals surface area contributed by atoms with Crippen LogP contribution in [0, 0.1) is 0 Å². The van der Waals surface area contributed by atoms with E-state index in [1.54, 1.807) is 14.2 Å². The lowest BCUT2D eigenvalue weighted by Gasteiger charge is -2.10. The van der Waals surface area contributed by atoms with E-state index >= 15 is 0 Å². The number of hydrogen-bond donors (Lipinski definition) is 1. The van der Waals surface area contributed by atoms with E-state index < -0.39 is 0 Å². The van der Waals surface area contributed by atoms with E-state index in [1.165, 1.54) is 0 Å². The normalized spacial score (nSPS) is 10.4. The highest BCUT2D eigenvalue weighted by Crippen LogP contribution is 2.20. The fourth-order valence-electron chi connectivity index (χ4n) is 2.13. The molecule has 2 aromatic rings. The molecular formula is C17H21NO3. The number of ether oxygens (including phenoxy) is 3. The molecule has 2 rings (SSSR count). The molecule has 0 unspecified atom stereocenters. The van der Waals surface area contributed by atoms with Crippen molar-refractivity contribution in [2.75, 3.05) is 14.2 Å². The van der Waals surface area contributed by atoms with Crippen molar-refractivity contribution in [1.82, 2.24) is 0 Å². The van der Waals surface area contributed by atoms with Crippen molar-refractivity contribution in [2.45, 2.75) is 19.8 Å². The highest BCUT2D eigenvalue weighted by atomic mass is 16.5. The quantitative estimate of drug-likeness (QED) is 0.850. The zero-order valence-corrected chi connectivity index (χ0v) is 12.5. The number of hydrogen-bond acceptors (Lipinski definition) is 4. The Balaban J connectivity index is 1.93. The molecule has 0 aromatic heterocycles. The molecule has 2 aromatic carbocycles. The number of nitrogens with two attached hydrogens (primary N) is 1. The van der Waals surface area contributed by atoms with Crippen molar-refractivity contribution in [3.63, 3.8) is 0 Å². The highest BCUT2D eigenvalue weighted by molar-refractivity contribution is 5.37. The Morgan fingerprint density at radius 2 is 1.67 bits per heavy atom. The van der Waals surface area contributed by atoms with E-state index in [0.29, 0.717) is 19.8 Å². The van der Waals surface area contributed by atoms with Gasteiger partial charge in [-0.25, -0.2) is 0 Å². The second-order valence-corrected chi connectivity index (χ2v) is 4.69. The lowest BCUT2D eigenvalue weighted by molar-refractivity contribution is 0.107. The minimum Gasteiger partial charge on any atom is -0.497 e. The molecule has 0 saturated carbocycles. The van der Waals surface area contributed by atoms with Gasteiger partial charge < -0.3 is 19.9 Å². The van der Waals surface area contributed by atoms with Gasteiger partial charge in [0.05, 0.1) is 27.4 Å². The minimum atomic E-state index is 0.451. The molecule has 0 aliphatic heterocycles. The van der Waals surface area contributed by atoms with Gasteiger partial charge in [-0.1, -0.05) is 18.2 Å². The van der Waals surface area contributed by atoms with Crippen LogP contribution in [-0.4, -0.2) is 14.2 Å². The molecule has 0 bridgehead atoms. The summed E-state index contributed by atoms with van der Waals surface area (Å²) in [5.41, 5.74) is 8.87. The lowest BCUT2D eigenvalue weighted by Crippen LogP contribution is -2.02. The van der Waals surface area contributed by atoms with E-state index in [-0.39, 0.29) is 0 Å². The molecule has 112 valence electrons. The maximum absolute atomic E-state index is 5.74. The van der Waals surface area contributed by atoms with Gasteiger partial charge in [-0.15, -0.1) is 0 Å². The molecule has 0 fully saturated rings. The van der Waals surface area contributed by atoms with Crippen LogP contribution >= 0.6 is 0 Å². The van der Waals surface area contributed by atoms with Gasteiger partial charge in [0.2, 0.25) is 0 Å². The summed E-state index contributed by atoms with van der Waals surface area (Å²) in [5, 5.41) is 0. The fourth-order valence-corrected chi connectivity index (χ4v) is 2.13. The maximum atomic E-state index is 5.74. The smallest absolute Gasteiger partial charge is 0.123 e. The second kappa shape index (κ2) is 7.67. The van der Waals surface area contributed by atoms with Crippen molar-refractivity contribution in [1.29, 1.82) is 0 Å². The van der Waals surface area contributed by atoms with E-state index in [0.717, 1.165) is 28.2 Å². The van der Waals surface area contributed by atoms with Crippen molar-refractivity contribution in [3.8, 4) is 11.5 Å². The van der Waals surface area contributed by atoms with Crippen molar-refractivity contribution < 1.29 is 14.2 Å². The lowest BCUT2D eigenvalue weighted by atomic mass is 10.1. The Morgan fingerprint density at radius 3 is 2.33 bits per heavy atom. The first kappa shape index (κ1) is 15.4. The molecule has 0 aliphatic carbocycles. The molecule has 21 heavy (non-hydrogen) atoms. The first-order valence-electron chi connectivity index (χ1n) is 6.83. The number of benzene rings is 2. The molecular weight excluding hydrogens is 266 g/mol. The summed E-state index contributed by atoms with van der Waals surface area (Å²) in [6.45, 7) is 1.53. The van der Waals surface area contributed by atoms with Gasteiger partial charge >= 0.3 is 0 Å². The third-order valence-corrected chi connectivity index (χ3v) is 3.24. The van der Waals surface area contributed by atoms with Crippen LogP contribution in [0.15, 0.2) is 42.5 Å². The first-order valence-corrected chi connectivity index (χ1v) is 6.83. The van der Waals surface area contributed by atoms with Crippen LogP contribution in [-0.2, 0) is 24.5 Å². The Kier molecular flexibility index (Phi) is 5.60. The topological polar surface area (TPSA) is 53.7 Å². The molecule has 0 saturated heterocycles. The average molecular weight is 287 g/mol.